The van der Waals surface area contributed by atoms with E-state index in [1.807, 2.05) is 19.1 Å². The summed E-state index contributed by atoms with van der Waals surface area (Å²) in [6, 6.07) is 12.6. The molecule has 0 bridgehead atoms. The summed E-state index contributed by atoms with van der Waals surface area (Å²) in [7, 11) is 0. The van der Waals surface area contributed by atoms with E-state index in [1.54, 1.807) is 42.5 Å². The molecule has 1 aliphatic rings. The van der Waals surface area contributed by atoms with Gasteiger partial charge in [0.1, 0.15) is 18.2 Å². The first kappa shape index (κ1) is 23.3. The van der Waals surface area contributed by atoms with Crippen LogP contribution in [-0.4, -0.2) is 34.0 Å². The fraction of sp³-hybridized carbons (Fsp3) is 0.333. The maximum absolute atomic E-state index is 13.5. The van der Waals surface area contributed by atoms with Gasteiger partial charge in [0, 0.05) is 16.5 Å². The van der Waals surface area contributed by atoms with Crippen LogP contribution < -0.4 is 0 Å². The lowest BCUT2D eigenvalue weighted by molar-refractivity contribution is -0.184. The third kappa shape index (κ3) is 5.12. The van der Waals surface area contributed by atoms with Gasteiger partial charge in [0.2, 0.25) is 0 Å². The molecule has 1 heterocycles. The Kier molecular flexibility index (Phi) is 7.76. The van der Waals surface area contributed by atoms with E-state index in [2.05, 4.69) is 6.58 Å². The first-order valence-corrected chi connectivity index (χ1v) is 10.9. The van der Waals surface area contributed by atoms with Gasteiger partial charge in [0.25, 0.3) is 5.91 Å². The maximum atomic E-state index is 13.5. The molecule has 1 N–H and O–H groups in total. The minimum Gasteiger partial charge on any atom is -0.480 e. The smallest absolute Gasteiger partial charge is 0.326 e. The number of aliphatic carboxylic acids is 1. The van der Waals surface area contributed by atoms with Crippen molar-refractivity contribution in [3.8, 4) is 0 Å². The lowest BCUT2D eigenvalue weighted by atomic mass is 9.89. The summed E-state index contributed by atoms with van der Waals surface area (Å²) in [6.45, 7) is 5.62. The number of morpholine rings is 1. The van der Waals surface area contributed by atoms with Crippen molar-refractivity contribution in [1.29, 1.82) is 0 Å². The van der Waals surface area contributed by atoms with Gasteiger partial charge in [0.15, 0.2) is 0 Å². The average Bonchev–Trinajstić information content (AvgIpc) is 2.74. The highest BCUT2D eigenvalue weighted by molar-refractivity contribution is 6.30. The van der Waals surface area contributed by atoms with Gasteiger partial charge in [0.05, 0.1) is 6.04 Å². The third-order valence-corrected chi connectivity index (χ3v) is 5.87. The Hall–Kier alpha value is -2.34. The molecule has 31 heavy (non-hydrogen) atoms. The lowest BCUT2D eigenvalue weighted by Gasteiger charge is -2.47. The predicted octanol–water partition coefficient (Wildman–Crippen LogP) is 5.83. The molecule has 0 saturated carbocycles. The van der Waals surface area contributed by atoms with Gasteiger partial charge < -0.3 is 14.7 Å². The van der Waals surface area contributed by atoms with Crippen LogP contribution in [0.15, 0.2) is 61.2 Å². The van der Waals surface area contributed by atoms with E-state index in [0.29, 0.717) is 22.9 Å². The molecule has 164 valence electrons. The Bertz CT molecular complexity index is 947. The highest BCUT2D eigenvalue weighted by Gasteiger charge is 2.47. The molecular weight excluding hydrogens is 437 g/mol. The van der Waals surface area contributed by atoms with Crippen LogP contribution in [0.4, 0.5) is 0 Å². The van der Waals surface area contributed by atoms with E-state index >= 15 is 0 Å². The van der Waals surface area contributed by atoms with Gasteiger partial charge in [-0.2, -0.15) is 0 Å². The largest absolute Gasteiger partial charge is 0.480 e. The number of hydrogen-bond acceptors (Lipinski definition) is 3. The molecule has 4 atom stereocenters. The average molecular weight is 462 g/mol. The zero-order valence-electron chi connectivity index (χ0n) is 17.2. The maximum Gasteiger partial charge on any atom is 0.326 e. The second kappa shape index (κ2) is 10.3. The summed E-state index contributed by atoms with van der Waals surface area (Å²) in [5.41, 5.74) is 1.50. The minimum absolute atomic E-state index is 0.276. The molecule has 0 aliphatic carbocycles. The molecule has 1 aliphatic heterocycles. The molecule has 2 aromatic rings. The Labute approximate surface area is 192 Å². The molecule has 2 aromatic carbocycles. The third-order valence-electron chi connectivity index (χ3n) is 5.38. The number of benzene rings is 2. The highest BCUT2D eigenvalue weighted by Crippen LogP contribution is 2.44. The Morgan fingerprint density at radius 3 is 2.48 bits per heavy atom. The number of halogens is 2. The van der Waals surface area contributed by atoms with E-state index in [0.717, 1.165) is 11.1 Å². The number of rotatable bonds is 8. The van der Waals surface area contributed by atoms with Crippen LogP contribution in [0.3, 0.4) is 0 Å². The molecule has 3 rings (SSSR count). The standard InChI is InChI=1S/C24H25Cl2NO4/c1-3-6-19(24(29)30)27-21(15-10-12-17(25)13-11-15)22(16-8-5-9-18(26)14-16)31-20(7-4-2)23(27)28/h4-5,8-14,19-22H,2-3,6-7H2,1H3,(H,29,30)/t19-,20+,21-,22+/m0/s1. The summed E-state index contributed by atoms with van der Waals surface area (Å²) in [5, 5.41) is 11.1. The van der Waals surface area contributed by atoms with Gasteiger partial charge in [-0.3, -0.25) is 4.79 Å². The molecule has 0 unspecified atom stereocenters. The van der Waals surface area contributed by atoms with Crippen LogP contribution in [-0.2, 0) is 14.3 Å². The Morgan fingerprint density at radius 1 is 1.19 bits per heavy atom. The summed E-state index contributed by atoms with van der Waals surface area (Å²) in [6.07, 6.45) is 1.38. The first-order chi connectivity index (χ1) is 14.9. The Balaban J connectivity index is 2.20. The number of carbonyl (C=O) groups excluding carboxylic acids is 1. The molecule has 7 heteroatoms. The van der Waals surface area contributed by atoms with Crippen LogP contribution in [0.2, 0.25) is 10.0 Å². The van der Waals surface area contributed by atoms with E-state index in [4.69, 9.17) is 27.9 Å². The number of carboxylic acid groups (broad SMARTS) is 1. The second-order valence-corrected chi connectivity index (χ2v) is 8.38. The Morgan fingerprint density at radius 2 is 1.90 bits per heavy atom. The van der Waals surface area contributed by atoms with E-state index in [9.17, 15) is 14.7 Å². The number of amides is 1. The monoisotopic (exact) mass is 461 g/mol. The summed E-state index contributed by atoms with van der Waals surface area (Å²) in [5.74, 6) is -1.41. The van der Waals surface area contributed by atoms with Crippen molar-refractivity contribution >= 4 is 35.1 Å². The van der Waals surface area contributed by atoms with Crippen LogP contribution >= 0.6 is 23.2 Å². The number of nitrogens with zero attached hydrogens (tertiary/aromatic N) is 1. The van der Waals surface area contributed by atoms with Gasteiger partial charge in [-0.25, -0.2) is 4.79 Å². The molecule has 1 saturated heterocycles. The van der Waals surface area contributed by atoms with E-state index < -0.39 is 30.3 Å². The number of hydrogen-bond donors (Lipinski definition) is 1. The topological polar surface area (TPSA) is 66.8 Å². The van der Waals surface area contributed by atoms with Gasteiger partial charge >= 0.3 is 5.97 Å². The van der Waals surface area contributed by atoms with Crippen LogP contribution in [0, 0.1) is 0 Å². The van der Waals surface area contributed by atoms with Crippen LogP contribution in [0.5, 0.6) is 0 Å². The molecular formula is C24H25Cl2NO4. The summed E-state index contributed by atoms with van der Waals surface area (Å²) >= 11 is 12.3. The van der Waals surface area contributed by atoms with Gasteiger partial charge in [-0.1, -0.05) is 66.9 Å². The molecule has 0 aromatic heterocycles. The van der Waals surface area contributed by atoms with E-state index in [-0.39, 0.29) is 12.3 Å². The predicted molar refractivity (Wildman–Crippen MR) is 121 cm³/mol. The van der Waals surface area contributed by atoms with Crippen molar-refractivity contribution < 1.29 is 19.4 Å². The van der Waals surface area contributed by atoms with Crippen molar-refractivity contribution in [3.05, 3.63) is 82.4 Å². The number of carbonyl (C=O) groups is 2. The zero-order valence-corrected chi connectivity index (χ0v) is 18.7. The molecule has 1 amide bonds. The SMILES string of the molecule is C=CC[C@H]1O[C@H](c2cccc(Cl)c2)[C@H](c2ccc(Cl)cc2)N([C@@H](CCC)C(=O)O)C1=O. The van der Waals surface area contributed by atoms with Crippen molar-refractivity contribution in [3.63, 3.8) is 0 Å². The van der Waals surface area contributed by atoms with Crippen LogP contribution in [0.25, 0.3) is 0 Å². The zero-order chi connectivity index (χ0) is 22.5. The number of ether oxygens (including phenoxy) is 1. The lowest BCUT2D eigenvalue weighted by Crippen LogP contribution is -2.56. The molecule has 1 fully saturated rings. The van der Waals surface area contributed by atoms with Gasteiger partial charge in [-0.05, 0) is 41.8 Å². The van der Waals surface area contributed by atoms with Crippen molar-refractivity contribution in [1.82, 2.24) is 4.90 Å². The first-order valence-electron chi connectivity index (χ1n) is 10.2. The summed E-state index contributed by atoms with van der Waals surface area (Å²) in [4.78, 5) is 27.2. The second-order valence-electron chi connectivity index (χ2n) is 7.51. The highest BCUT2D eigenvalue weighted by atomic mass is 35.5. The van der Waals surface area contributed by atoms with Crippen molar-refractivity contribution in [2.24, 2.45) is 0 Å². The minimum atomic E-state index is -1.04. The van der Waals surface area contributed by atoms with Crippen LogP contribution in [0.1, 0.15) is 49.5 Å². The number of carboxylic acids is 1. The fourth-order valence-electron chi connectivity index (χ4n) is 4.01. The molecule has 5 nitrogen and oxygen atoms in total. The fourth-order valence-corrected chi connectivity index (χ4v) is 4.33. The van der Waals surface area contributed by atoms with Gasteiger partial charge in [-0.15, -0.1) is 6.58 Å². The molecule has 0 radical (unpaired) electrons. The van der Waals surface area contributed by atoms with Crippen molar-refractivity contribution in [2.45, 2.75) is 50.5 Å². The summed E-state index contributed by atoms with van der Waals surface area (Å²) < 4.78 is 6.27. The molecule has 0 spiro atoms. The normalized spacial score (nSPS) is 22.2. The quantitative estimate of drug-likeness (QED) is 0.501. The van der Waals surface area contributed by atoms with E-state index in [1.165, 1.54) is 4.90 Å². The van der Waals surface area contributed by atoms with Crippen molar-refractivity contribution in [2.75, 3.05) is 0 Å².